The van der Waals surface area contributed by atoms with Crippen LogP contribution >= 0.6 is 0 Å². The van der Waals surface area contributed by atoms with E-state index in [2.05, 4.69) is 21.3 Å². The normalized spacial score (nSPS) is 9.82. The van der Waals surface area contributed by atoms with E-state index in [0.29, 0.717) is 0 Å². The highest BCUT2D eigenvalue weighted by molar-refractivity contribution is 5.55. The van der Waals surface area contributed by atoms with Crippen molar-refractivity contribution in [2.45, 2.75) is 0 Å². The summed E-state index contributed by atoms with van der Waals surface area (Å²) in [5.74, 6) is 0. The van der Waals surface area contributed by atoms with Gasteiger partial charge in [0.05, 0.1) is 5.69 Å². The molecule has 53 valence electrons. The lowest BCUT2D eigenvalue weighted by Crippen LogP contribution is -1.76. The fourth-order valence-electron chi connectivity index (χ4n) is 0.888. The number of hydrogen-bond acceptors (Lipinski definition) is 2. The second-order valence-corrected chi connectivity index (χ2v) is 2.14. The Labute approximate surface area is 64.1 Å². The molecule has 0 saturated carbocycles. The number of nitrogens with zero attached hydrogens (tertiary/aromatic N) is 2. The van der Waals surface area contributed by atoms with Gasteiger partial charge in [-0.2, -0.15) is 0 Å². The second-order valence-electron chi connectivity index (χ2n) is 2.14. The van der Waals surface area contributed by atoms with Crippen molar-refractivity contribution in [1.82, 2.24) is 15.0 Å². The van der Waals surface area contributed by atoms with Crippen molar-refractivity contribution in [1.29, 1.82) is 0 Å². The van der Waals surface area contributed by atoms with Gasteiger partial charge >= 0.3 is 0 Å². The van der Waals surface area contributed by atoms with Gasteiger partial charge in [-0.25, -0.2) is 4.98 Å². The molecule has 0 unspecified atom stereocenters. The lowest BCUT2D eigenvalue weighted by Gasteiger charge is -1.91. The summed E-state index contributed by atoms with van der Waals surface area (Å²) in [4.78, 5) is 10.7. The highest BCUT2D eigenvalue weighted by Gasteiger charge is 1.96. The maximum atomic E-state index is 3.97. The number of H-pyrrole nitrogens is 1. The molecular weight excluding hydrogens is 138 g/mol. The van der Waals surface area contributed by atoms with E-state index in [9.17, 15) is 0 Å². The maximum Gasteiger partial charge on any atom is 0.174 e. The summed E-state index contributed by atoms with van der Waals surface area (Å²) in [5.41, 5.74) is 1.88. The Bertz CT molecular complexity index is 312. The van der Waals surface area contributed by atoms with Gasteiger partial charge in [-0.1, -0.05) is 0 Å². The smallest absolute Gasteiger partial charge is 0.174 e. The van der Waals surface area contributed by atoms with Gasteiger partial charge in [0.1, 0.15) is 0 Å². The Morgan fingerprint density at radius 1 is 1.45 bits per heavy atom. The zero-order valence-electron chi connectivity index (χ0n) is 5.78. The molecule has 0 aliphatic heterocycles. The molecule has 0 spiro atoms. The number of imidazole rings is 1. The molecule has 2 aromatic heterocycles. The predicted octanol–water partition coefficient (Wildman–Crippen LogP) is 1.27. The zero-order chi connectivity index (χ0) is 7.52. The van der Waals surface area contributed by atoms with Crippen LogP contribution in [0.1, 0.15) is 0 Å². The molecular formula is C8H6N3. The lowest BCUT2D eigenvalue weighted by atomic mass is 10.2. The largest absolute Gasteiger partial charge is 0.341 e. The Kier molecular flexibility index (Phi) is 1.41. The minimum atomic E-state index is 0.873. The summed E-state index contributed by atoms with van der Waals surface area (Å²) in [6.45, 7) is 0. The first-order valence-corrected chi connectivity index (χ1v) is 3.28. The van der Waals surface area contributed by atoms with Crippen molar-refractivity contribution >= 4 is 0 Å². The van der Waals surface area contributed by atoms with Crippen LogP contribution in [0, 0.1) is 6.33 Å². The van der Waals surface area contributed by atoms with Gasteiger partial charge in [0.15, 0.2) is 6.33 Å². The van der Waals surface area contributed by atoms with Crippen molar-refractivity contribution in [3.8, 4) is 11.3 Å². The van der Waals surface area contributed by atoms with Crippen LogP contribution in [-0.4, -0.2) is 15.0 Å². The van der Waals surface area contributed by atoms with Gasteiger partial charge in [0, 0.05) is 24.2 Å². The third-order valence-electron chi connectivity index (χ3n) is 1.41. The minimum Gasteiger partial charge on any atom is -0.341 e. The first-order chi connectivity index (χ1) is 5.47. The summed E-state index contributed by atoms with van der Waals surface area (Å²) in [6.07, 6.45) is 7.92. The molecule has 1 radical (unpaired) electrons. The molecule has 1 N–H and O–H groups in total. The molecule has 0 fully saturated rings. The SMILES string of the molecule is [c]1nc(-c2cccnc2)c[nH]1. The van der Waals surface area contributed by atoms with Crippen LogP contribution in [0.15, 0.2) is 30.7 Å². The molecule has 0 aromatic carbocycles. The van der Waals surface area contributed by atoms with E-state index in [-0.39, 0.29) is 0 Å². The summed E-state index contributed by atoms with van der Waals surface area (Å²) in [6, 6.07) is 3.83. The molecule has 3 nitrogen and oxygen atoms in total. The van der Waals surface area contributed by atoms with Gasteiger partial charge in [-0.3, -0.25) is 4.98 Å². The number of hydrogen-bond donors (Lipinski definition) is 1. The predicted molar refractivity (Wildman–Crippen MR) is 40.7 cm³/mol. The molecule has 11 heavy (non-hydrogen) atoms. The second kappa shape index (κ2) is 2.54. The summed E-state index contributed by atoms with van der Waals surface area (Å²) >= 11 is 0. The monoisotopic (exact) mass is 144 g/mol. The van der Waals surface area contributed by atoms with Gasteiger partial charge in [0.25, 0.3) is 0 Å². The minimum absolute atomic E-state index is 0.873. The van der Waals surface area contributed by atoms with Crippen LogP contribution < -0.4 is 0 Å². The summed E-state index contributed by atoms with van der Waals surface area (Å²) in [5, 5.41) is 0. The van der Waals surface area contributed by atoms with Crippen LogP contribution in [-0.2, 0) is 0 Å². The molecule has 0 amide bonds. The molecule has 0 atom stereocenters. The Balaban J connectivity index is 2.46. The lowest BCUT2D eigenvalue weighted by molar-refractivity contribution is 1.28. The summed E-state index contributed by atoms with van der Waals surface area (Å²) in [7, 11) is 0. The highest BCUT2D eigenvalue weighted by Crippen LogP contribution is 2.12. The van der Waals surface area contributed by atoms with Crippen molar-refractivity contribution in [2.75, 3.05) is 0 Å². The number of aromatic nitrogens is 3. The van der Waals surface area contributed by atoms with E-state index >= 15 is 0 Å². The van der Waals surface area contributed by atoms with Gasteiger partial charge in [0.2, 0.25) is 0 Å². The quantitative estimate of drug-likeness (QED) is 0.654. The Morgan fingerprint density at radius 3 is 3.09 bits per heavy atom. The van der Waals surface area contributed by atoms with Gasteiger partial charge in [-0.05, 0) is 12.1 Å². The number of aromatic amines is 1. The molecule has 3 heteroatoms. The van der Waals surface area contributed by atoms with Crippen LogP contribution in [0.5, 0.6) is 0 Å². The van der Waals surface area contributed by atoms with E-state index in [4.69, 9.17) is 0 Å². The van der Waals surface area contributed by atoms with Gasteiger partial charge in [-0.15, -0.1) is 0 Å². The average Bonchev–Trinajstić information content (AvgIpc) is 2.58. The molecule has 2 aromatic rings. The fraction of sp³-hybridized carbons (Fsp3) is 0. The average molecular weight is 144 g/mol. The fourth-order valence-corrected chi connectivity index (χ4v) is 0.888. The molecule has 2 heterocycles. The van der Waals surface area contributed by atoms with E-state index in [1.165, 1.54) is 0 Å². The van der Waals surface area contributed by atoms with Crippen LogP contribution in [0.25, 0.3) is 11.3 Å². The topological polar surface area (TPSA) is 41.6 Å². The van der Waals surface area contributed by atoms with E-state index in [1.807, 2.05) is 12.1 Å². The maximum absolute atomic E-state index is 3.97. The first-order valence-electron chi connectivity index (χ1n) is 3.28. The van der Waals surface area contributed by atoms with Crippen LogP contribution in [0.2, 0.25) is 0 Å². The molecule has 0 bridgehead atoms. The van der Waals surface area contributed by atoms with Crippen LogP contribution in [0.4, 0.5) is 0 Å². The molecule has 0 aliphatic carbocycles. The number of nitrogens with one attached hydrogen (secondary N) is 1. The standard InChI is InChI=1S/C8H6N3/c1-2-7(4-9-3-1)8-5-10-6-11-8/h1-5H,(H,10,11). The number of rotatable bonds is 1. The van der Waals surface area contributed by atoms with Crippen molar-refractivity contribution < 1.29 is 0 Å². The summed E-state index contributed by atoms with van der Waals surface area (Å²) < 4.78 is 0. The first kappa shape index (κ1) is 6.09. The third-order valence-corrected chi connectivity index (χ3v) is 1.41. The van der Waals surface area contributed by atoms with Gasteiger partial charge < -0.3 is 4.98 Å². The van der Waals surface area contributed by atoms with Crippen LogP contribution in [0.3, 0.4) is 0 Å². The highest BCUT2D eigenvalue weighted by atomic mass is 14.9. The Morgan fingerprint density at radius 2 is 2.45 bits per heavy atom. The van der Waals surface area contributed by atoms with Crippen molar-refractivity contribution in [3.63, 3.8) is 0 Å². The van der Waals surface area contributed by atoms with Crippen molar-refractivity contribution in [3.05, 3.63) is 37.1 Å². The van der Waals surface area contributed by atoms with E-state index in [1.54, 1.807) is 18.6 Å². The number of pyridine rings is 1. The molecule has 2 rings (SSSR count). The molecule has 0 aliphatic rings. The third kappa shape index (κ3) is 1.12. The zero-order valence-corrected chi connectivity index (χ0v) is 5.78. The Hall–Kier alpha value is -1.64. The van der Waals surface area contributed by atoms with E-state index < -0.39 is 0 Å². The van der Waals surface area contributed by atoms with Crippen molar-refractivity contribution in [2.24, 2.45) is 0 Å². The molecule has 0 saturated heterocycles. The van der Waals surface area contributed by atoms with E-state index in [0.717, 1.165) is 11.3 Å².